The molecular weight excluding hydrogens is 196 g/mol. The monoisotopic (exact) mass is 220 g/mol. The van der Waals surface area contributed by atoms with Crippen LogP contribution in [-0.2, 0) is 4.74 Å². The van der Waals surface area contributed by atoms with Crippen molar-refractivity contribution in [3.05, 3.63) is 11.6 Å². The Morgan fingerprint density at radius 3 is 2.88 bits per heavy atom. The number of rotatable bonds is 0. The predicted octanol–water partition coefficient (Wildman–Crippen LogP) is 3.80. The molecule has 1 saturated heterocycles. The van der Waals surface area contributed by atoms with Crippen molar-refractivity contribution >= 4 is 0 Å². The molecule has 2 fully saturated rings. The van der Waals surface area contributed by atoms with Crippen LogP contribution in [0.25, 0.3) is 0 Å². The van der Waals surface area contributed by atoms with Crippen molar-refractivity contribution in [2.45, 2.75) is 46.5 Å². The van der Waals surface area contributed by atoms with Crippen molar-refractivity contribution in [3.8, 4) is 0 Å². The fourth-order valence-electron chi connectivity index (χ4n) is 4.76. The molecule has 3 rings (SSSR count). The summed E-state index contributed by atoms with van der Waals surface area (Å²) in [5, 5.41) is 0. The molecule has 0 spiro atoms. The van der Waals surface area contributed by atoms with Crippen molar-refractivity contribution in [1.82, 2.24) is 0 Å². The van der Waals surface area contributed by atoms with Crippen molar-refractivity contribution in [1.29, 1.82) is 0 Å². The first-order valence-electron chi connectivity index (χ1n) is 6.81. The Kier molecular flexibility index (Phi) is 2.27. The third-order valence-corrected chi connectivity index (χ3v) is 5.69. The molecule has 0 bridgehead atoms. The first-order valence-corrected chi connectivity index (χ1v) is 6.81. The summed E-state index contributed by atoms with van der Waals surface area (Å²) < 4.78 is 5.71. The van der Waals surface area contributed by atoms with Gasteiger partial charge < -0.3 is 4.74 Å². The number of hydrogen-bond acceptors (Lipinski definition) is 1. The second kappa shape index (κ2) is 3.35. The maximum absolute atomic E-state index is 5.71. The van der Waals surface area contributed by atoms with Gasteiger partial charge in [0.05, 0.1) is 13.2 Å². The zero-order valence-electron chi connectivity index (χ0n) is 10.9. The number of fused-ring (bicyclic) bond motifs is 3. The van der Waals surface area contributed by atoms with E-state index in [1.807, 2.05) is 0 Å². The zero-order valence-corrected chi connectivity index (χ0v) is 10.9. The van der Waals surface area contributed by atoms with Crippen LogP contribution >= 0.6 is 0 Å². The van der Waals surface area contributed by atoms with Gasteiger partial charge in [0.15, 0.2) is 0 Å². The van der Waals surface area contributed by atoms with Crippen molar-refractivity contribution in [2.24, 2.45) is 22.7 Å². The molecule has 16 heavy (non-hydrogen) atoms. The van der Waals surface area contributed by atoms with Crippen molar-refractivity contribution in [3.63, 3.8) is 0 Å². The van der Waals surface area contributed by atoms with E-state index < -0.39 is 0 Å². The molecule has 0 unspecified atom stereocenters. The third kappa shape index (κ3) is 1.33. The summed E-state index contributed by atoms with van der Waals surface area (Å²) in [5.41, 5.74) is 2.65. The summed E-state index contributed by atoms with van der Waals surface area (Å²) in [6.45, 7) is 9.38. The van der Waals surface area contributed by atoms with E-state index in [-0.39, 0.29) is 0 Å². The maximum atomic E-state index is 5.71. The van der Waals surface area contributed by atoms with Gasteiger partial charge in [0.25, 0.3) is 0 Å². The van der Waals surface area contributed by atoms with Crippen molar-refractivity contribution < 1.29 is 4.74 Å². The molecular formula is C15H24O. The quantitative estimate of drug-likeness (QED) is 0.564. The molecule has 0 aromatic carbocycles. The zero-order chi connectivity index (χ0) is 11.4. The first-order chi connectivity index (χ1) is 7.54. The van der Waals surface area contributed by atoms with E-state index in [0.717, 1.165) is 25.0 Å². The Morgan fingerprint density at radius 1 is 1.25 bits per heavy atom. The fourth-order valence-corrected chi connectivity index (χ4v) is 4.76. The van der Waals surface area contributed by atoms with Gasteiger partial charge in [-0.15, -0.1) is 0 Å². The highest BCUT2D eigenvalue weighted by Gasteiger charge is 2.53. The Hall–Kier alpha value is -0.300. The minimum absolute atomic E-state index is 0.516. The molecule has 90 valence electrons. The van der Waals surface area contributed by atoms with Gasteiger partial charge in [-0.2, -0.15) is 0 Å². The van der Waals surface area contributed by atoms with Gasteiger partial charge in [0, 0.05) is 5.92 Å². The van der Waals surface area contributed by atoms with Crippen LogP contribution < -0.4 is 0 Å². The number of allylic oxidation sites excluding steroid dienone is 1. The van der Waals surface area contributed by atoms with Crippen LogP contribution in [0.4, 0.5) is 0 Å². The Morgan fingerprint density at radius 2 is 2.06 bits per heavy atom. The van der Waals surface area contributed by atoms with Crippen LogP contribution in [-0.4, -0.2) is 13.2 Å². The molecule has 1 saturated carbocycles. The van der Waals surface area contributed by atoms with Gasteiger partial charge >= 0.3 is 0 Å². The summed E-state index contributed by atoms with van der Waals surface area (Å²) in [7, 11) is 0. The Balaban J connectivity index is 2.00. The van der Waals surface area contributed by atoms with Crippen LogP contribution in [0.1, 0.15) is 46.5 Å². The van der Waals surface area contributed by atoms with Gasteiger partial charge in [0.1, 0.15) is 0 Å². The summed E-state index contributed by atoms with van der Waals surface area (Å²) >= 11 is 0. The standard InChI is InChI=1S/C15H24O/c1-14(2)7-4-8-15(3)12-10-16-9-11(12)5-6-13(14)15/h5,12-13H,4,6-10H2,1-3H3/t12-,13-,15+/m0/s1. The van der Waals surface area contributed by atoms with Crippen LogP contribution in [0, 0.1) is 22.7 Å². The van der Waals surface area contributed by atoms with Crippen LogP contribution in [0.5, 0.6) is 0 Å². The number of ether oxygens (including phenoxy) is 1. The highest BCUT2D eigenvalue weighted by atomic mass is 16.5. The second-order valence-corrected chi connectivity index (χ2v) is 6.98. The van der Waals surface area contributed by atoms with Gasteiger partial charge in [-0.25, -0.2) is 0 Å². The molecule has 1 aliphatic heterocycles. The Labute approximate surface area is 99.3 Å². The minimum Gasteiger partial charge on any atom is -0.376 e. The van der Waals surface area contributed by atoms with Crippen LogP contribution in [0.3, 0.4) is 0 Å². The van der Waals surface area contributed by atoms with Crippen LogP contribution in [0.2, 0.25) is 0 Å². The van der Waals surface area contributed by atoms with Crippen molar-refractivity contribution in [2.75, 3.05) is 13.2 Å². The minimum atomic E-state index is 0.516. The largest absolute Gasteiger partial charge is 0.376 e. The van der Waals surface area contributed by atoms with E-state index in [1.54, 1.807) is 5.57 Å². The summed E-state index contributed by atoms with van der Waals surface area (Å²) in [6, 6.07) is 0. The molecule has 0 aromatic heterocycles. The van der Waals surface area contributed by atoms with E-state index in [4.69, 9.17) is 4.74 Å². The first kappa shape index (κ1) is 10.8. The fraction of sp³-hybridized carbons (Fsp3) is 0.867. The van der Waals surface area contributed by atoms with E-state index >= 15 is 0 Å². The Bertz CT molecular complexity index is 328. The van der Waals surface area contributed by atoms with E-state index in [1.165, 1.54) is 25.7 Å². The lowest BCUT2D eigenvalue weighted by Gasteiger charge is -2.55. The lowest BCUT2D eigenvalue weighted by Crippen LogP contribution is -2.48. The highest BCUT2D eigenvalue weighted by Crippen LogP contribution is 2.60. The molecule has 0 amide bonds. The van der Waals surface area contributed by atoms with Gasteiger partial charge in [-0.05, 0) is 41.6 Å². The lowest BCUT2D eigenvalue weighted by molar-refractivity contribution is -0.0401. The predicted molar refractivity (Wildman–Crippen MR) is 66.2 cm³/mol. The molecule has 3 atom stereocenters. The lowest BCUT2D eigenvalue weighted by atomic mass is 9.49. The van der Waals surface area contributed by atoms with Gasteiger partial charge in [-0.1, -0.05) is 33.3 Å². The summed E-state index contributed by atoms with van der Waals surface area (Å²) in [5.74, 6) is 1.59. The van der Waals surface area contributed by atoms with E-state index in [2.05, 4.69) is 26.8 Å². The average molecular weight is 220 g/mol. The summed E-state index contributed by atoms with van der Waals surface area (Å²) in [6.07, 6.45) is 8.01. The molecule has 1 heteroatoms. The van der Waals surface area contributed by atoms with Crippen LogP contribution in [0.15, 0.2) is 11.6 Å². The van der Waals surface area contributed by atoms with E-state index in [0.29, 0.717) is 10.8 Å². The SMILES string of the molecule is CC1(C)CCC[C@]2(C)[C@H]3COCC3=CC[C@@H]12. The summed E-state index contributed by atoms with van der Waals surface area (Å²) in [4.78, 5) is 0. The molecule has 0 N–H and O–H groups in total. The molecule has 2 aliphatic carbocycles. The normalized spacial score (nSPS) is 45.8. The third-order valence-electron chi connectivity index (χ3n) is 5.69. The highest BCUT2D eigenvalue weighted by molar-refractivity contribution is 5.22. The number of hydrogen-bond donors (Lipinski definition) is 0. The van der Waals surface area contributed by atoms with Gasteiger partial charge in [-0.3, -0.25) is 0 Å². The molecule has 0 radical (unpaired) electrons. The van der Waals surface area contributed by atoms with E-state index in [9.17, 15) is 0 Å². The maximum Gasteiger partial charge on any atom is 0.0680 e. The van der Waals surface area contributed by atoms with Gasteiger partial charge in [0.2, 0.25) is 0 Å². The second-order valence-electron chi connectivity index (χ2n) is 6.98. The topological polar surface area (TPSA) is 9.23 Å². The smallest absolute Gasteiger partial charge is 0.0680 e. The molecule has 1 nitrogen and oxygen atoms in total. The molecule has 3 aliphatic rings. The molecule has 0 aromatic rings. The molecule has 1 heterocycles. The average Bonchev–Trinajstić information content (AvgIpc) is 2.65.